The van der Waals surface area contributed by atoms with Gasteiger partial charge in [0.1, 0.15) is 16.2 Å². The van der Waals surface area contributed by atoms with Crippen molar-refractivity contribution in [3.63, 3.8) is 0 Å². The molecule has 0 radical (unpaired) electrons. The van der Waals surface area contributed by atoms with E-state index < -0.39 is 16.8 Å². The van der Waals surface area contributed by atoms with Gasteiger partial charge >= 0.3 is 6.18 Å². The molecule has 0 saturated heterocycles. The third-order valence-electron chi connectivity index (χ3n) is 4.45. The van der Waals surface area contributed by atoms with Gasteiger partial charge in [0, 0.05) is 23.5 Å². The van der Waals surface area contributed by atoms with Gasteiger partial charge in [-0.05, 0) is 65.4 Å². The molecule has 0 aliphatic carbocycles. The van der Waals surface area contributed by atoms with Gasteiger partial charge in [-0.25, -0.2) is 9.97 Å². The summed E-state index contributed by atoms with van der Waals surface area (Å²) in [5.41, 5.74) is 0.499. The minimum atomic E-state index is -4.58. The Balaban J connectivity index is 1.38. The molecule has 4 rings (SSSR count). The van der Waals surface area contributed by atoms with Gasteiger partial charge in [-0.3, -0.25) is 5.10 Å². The number of hydrogen-bond donors (Lipinski definition) is 5. The fourth-order valence-corrected chi connectivity index (χ4v) is 3.70. The summed E-state index contributed by atoms with van der Waals surface area (Å²) in [7, 11) is 0. The predicted octanol–water partition coefficient (Wildman–Crippen LogP) is 6.63. The zero-order chi connectivity index (χ0) is 25.9. The van der Waals surface area contributed by atoms with Crippen LogP contribution in [-0.2, 0) is 6.18 Å². The topological polar surface area (TPSA) is 115 Å². The van der Waals surface area contributed by atoms with Crippen molar-refractivity contribution in [3.8, 4) is 0 Å². The standard InChI is InChI=1S/C21H16BrClF3N9S/c1-10-6-17(31-18-8-15(22)34-35-18)32-19(28-10)29-12-3-5-16(27-9-12)33-20(36)30-11-2-4-14(23)13(7-11)21(24,25)26/h2-9H,1H3,(H2,27,30,33,36)(H3,28,29,31,32,34,35). The summed E-state index contributed by atoms with van der Waals surface area (Å²) in [6, 6.07) is 10.3. The highest BCUT2D eigenvalue weighted by molar-refractivity contribution is 9.10. The number of aromatic amines is 1. The molecular weight excluding hydrogens is 583 g/mol. The molecule has 0 atom stereocenters. The van der Waals surface area contributed by atoms with Crippen LogP contribution < -0.4 is 21.3 Å². The Hall–Kier alpha value is -3.49. The van der Waals surface area contributed by atoms with Crippen LogP contribution in [0.25, 0.3) is 0 Å². The van der Waals surface area contributed by atoms with Crippen LogP contribution in [0, 0.1) is 6.92 Å². The van der Waals surface area contributed by atoms with E-state index in [1.54, 1.807) is 24.3 Å². The highest BCUT2D eigenvalue weighted by Crippen LogP contribution is 2.36. The van der Waals surface area contributed by atoms with Crippen LogP contribution >= 0.6 is 39.7 Å². The van der Waals surface area contributed by atoms with E-state index in [1.807, 2.05) is 6.92 Å². The summed E-state index contributed by atoms with van der Waals surface area (Å²) in [4.78, 5) is 13.0. The first kappa shape index (κ1) is 25.6. The van der Waals surface area contributed by atoms with Gasteiger partial charge in [-0.15, -0.1) is 0 Å². The van der Waals surface area contributed by atoms with Crippen LogP contribution in [0.2, 0.25) is 5.02 Å². The minimum Gasteiger partial charge on any atom is -0.332 e. The summed E-state index contributed by atoms with van der Waals surface area (Å²) in [6.07, 6.45) is -3.05. The smallest absolute Gasteiger partial charge is 0.332 e. The molecule has 36 heavy (non-hydrogen) atoms. The fourth-order valence-electron chi connectivity index (χ4n) is 2.95. The number of hydrogen-bond acceptors (Lipinski definition) is 7. The number of H-pyrrole nitrogens is 1. The lowest BCUT2D eigenvalue weighted by atomic mass is 10.2. The quantitative estimate of drug-likeness (QED) is 0.156. The number of anilines is 6. The van der Waals surface area contributed by atoms with E-state index in [4.69, 9.17) is 23.8 Å². The number of rotatable bonds is 6. The van der Waals surface area contributed by atoms with Gasteiger partial charge in [0.25, 0.3) is 0 Å². The number of aryl methyl sites for hydroxylation is 1. The molecule has 0 amide bonds. The minimum absolute atomic E-state index is 0.0568. The Bertz CT molecular complexity index is 1400. The maximum Gasteiger partial charge on any atom is 0.417 e. The maximum absolute atomic E-state index is 13.1. The molecule has 186 valence electrons. The Morgan fingerprint density at radius 1 is 0.972 bits per heavy atom. The predicted molar refractivity (Wildman–Crippen MR) is 140 cm³/mol. The van der Waals surface area contributed by atoms with Gasteiger partial charge in [-0.1, -0.05) is 11.6 Å². The Morgan fingerprint density at radius 2 is 1.75 bits per heavy atom. The molecule has 3 aromatic heterocycles. The Labute approximate surface area is 221 Å². The van der Waals surface area contributed by atoms with Crippen molar-refractivity contribution >= 4 is 79.6 Å². The number of pyridine rings is 1. The first-order valence-corrected chi connectivity index (χ1v) is 11.6. The molecule has 1 aromatic carbocycles. The van der Waals surface area contributed by atoms with Gasteiger partial charge in [0.15, 0.2) is 10.9 Å². The fraction of sp³-hybridized carbons (Fsp3) is 0.0952. The van der Waals surface area contributed by atoms with E-state index in [9.17, 15) is 13.2 Å². The monoisotopic (exact) mass is 597 g/mol. The highest BCUT2D eigenvalue weighted by Gasteiger charge is 2.33. The first-order valence-electron chi connectivity index (χ1n) is 10.1. The zero-order valence-corrected chi connectivity index (χ0v) is 21.4. The van der Waals surface area contributed by atoms with Crippen LogP contribution in [0.1, 0.15) is 11.3 Å². The van der Waals surface area contributed by atoms with Crippen molar-refractivity contribution in [2.75, 3.05) is 21.3 Å². The average molecular weight is 599 g/mol. The molecular formula is C21H16BrClF3N9S. The molecule has 0 unspecified atom stereocenters. The molecule has 0 fully saturated rings. The van der Waals surface area contributed by atoms with Crippen molar-refractivity contribution in [2.45, 2.75) is 13.1 Å². The molecule has 0 aliphatic heterocycles. The summed E-state index contributed by atoms with van der Waals surface area (Å²) < 4.78 is 39.9. The molecule has 9 nitrogen and oxygen atoms in total. The highest BCUT2D eigenvalue weighted by atomic mass is 79.9. The number of aromatic nitrogens is 5. The number of benzene rings is 1. The molecule has 15 heteroatoms. The number of thiocarbonyl (C=S) groups is 1. The van der Waals surface area contributed by atoms with Gasteiger partial charge < -0.3 is 21.3 Å². The molecule has 4 aromatic rings. The van der Waals surface area contributed by atoms with E-state index in [2.05, 4.69) is 62.3 Å². The average Bonchev–Trinajstić information content (AvgIpc) is 3.19. The summed E-state index contributed by atoms with van der Waals surface area (Å²) in [5.74, 6) is 1.85. The second kappa shape index (κ2) is 10.6. The van der Waals surface area contributed by atoms with Crippen molar-refractivity contribution in [1.82, 2.24) is 25.1 Å². The maximum atomic E-state index is 13.1. The largest absolute Gasteiger partial charge is 0.417 e. The second-order valence-electron chi connectivity index (χ2n) is 7.27. The van der Waals surface area contributed by atoms with Crippen molar-refractivity contribution in [1.29, 1.82) is 0 Å². The van der Waals surface area contributed by atoms with Crippen LogP contribution in [0.5, 0.6) is 0 Å². The number of halogens is 5. The lowest BCUT2D eigenvalue weighted by Crippen LogP contribution is -2.20. The summed E-state index contributed by atoms with van der Waals surface area (Å²) >= 11 is 14.1. The van der Waals surface area contributed by atoms with Crippen molar-refractivity contribution in [2.24, 2.45) is 0 Å². The normalized spacial score (nSPS) is 11.2. The SMILES string of the molecule is Cc1cc(Nc2cc(Br)[nH]n2)nc(Nc2ccc(NC(=S)Nc3ccc(Cl)c(C(F)(F)F)c3)nc2)n1. The molecule has 0 saturated carbocycles. The first-order chi connectivity index (χ1) is 17.0. The lowest BCUT2D eigenvalue weighted by Gasteiger charge is -2.14. The second-order valence-corrected chi connectivity index (χ2v) is 8.94. The third-order valence-corrected chi connectivity index (χ3v) is 5.39. The van der Waals surface area contributed by atoms with E-state index in [0.29, 0.717) is 29.1 Å². The summed E-state index contributed by atoms with van der Waals surface area (Å²) in [6.45, 7) is 1.83. The molecule has 0 spiro atoms. The van der Waals surface area contributed by atoms with Gasteiger partial charge in [0.2, 0.25) is 5.95 Å². The molecule has 5 N–H and O–H groups in total. The summed E-state index contributed by atoms with van der Waals surface area (Å²) in [5, 5.41) is 18.2. The van der Waals surface area contributed by atoms with Crippen LogP contribution in [0.3, 0.4) is 0 Å². The van der Waals surface area contributed by atoms with Crippen LogP contribution in [0.15, 0.2) is 53.3 Å². The number of nitrogens with zero attached hydrogens (tertiary/aromatic N) is 4. The van der Waals surface area contributed by atoms with E-state index >= 15 is 0 Å². The van der Waals surface area contributed by atoms with Crippen LogP contribution in [-0.4, -0.2) is 30.3 Å². The molecule has 0 aliphatic rings. The van der Waals surface area contributed by atoms with Crippen molar-refractivity contribution < 1.29 is 13.2 Å². The Morgan fingerprint density at radius 3 is 2.42 bits per heavy atom. The van der Waals surface area contributed by atoms with Gasteiger partial charge in [-0.2, -0.15) is 23.3 Å². The van der Waals surface area contributed by atoms with E-state index in [1.165, 1.54) is 12.3 Å². The van der Waals surface area contributed by atoms with Crippen molar-refractivity contribution in [3.05, 3.63) is 69.5 Å². The van der Waals surface area contributed by atoms with Crippen LogP contribution in [0.4, 0.5) is 47.9 Å². The number of nitrogens with one attached hydrogen (secondary N) is 5. The van der Waals surface area contributed by atoms with E-state index in [-0.39, 0.29) is 10.8 Å². The zero-order valence-electron chi connectivity index (χ0n) is 18.2. The Kier molecular flexibility index (Phi) is 7.56. The molecule has 3 heterocycles. The number of alkyl halides is 3. The van der Waals surface area contributed by atoms with Gasteiger partial charge in [0.05, 0.1) is 22.5 Å². The lowest BCUT2D eigenvalue weighted by molar-refractivity contribution is -0.137. The third kappa shape index (κ3) is 6.80. The molecule has 0 bridgehead atoms. The van der Waals surface area contributed by atoms with E-state index in [0.717, 1.165) is 22.4 Å².